The van der Waals surface area contributed by atoms with Gasteiger partial charge in [0.05, 0.1) is 17.7 Å². The Kier molecular flexibility index (Phi) is 5.75. The first kappa shape index (κ1) is 19.0. The van der Waals surface area contributed by atoms with Crippen LogP contribution < -0.4 is 9.64 Å². The lowest BCUT2D eigenvalue weighted by Crippen LogP contribution is -2.48. The monoisotopic (exact) mass is 394 g/mol. The van der Waals surface area contributed by atoms with Gasteiger partial charge in [0.15, 0.2) is 0 Å². The van der Waals surface area contributed by atoms with Gasteiger partial charge in [0, 0.05) is 31.2 Å². The van der Waals surface area contributed by atoms with Crippen molar-refractivity contribution in [1.29, 1.82) is 0 Å². The summed E-state index contributed by atoms with van der Waals surface area (Å²) in [7, 11) is -1.85. The van der Waals surface area contributed by atoms with E-state index in [0.29, 0.717) is 36.1 Å². The minimum absolute atomic E-state index is 0.350. The van der Waals surface area contributed by atoms with Crippen LogP contribution in [0, 0.1) is 0 Å². The Morgan fingerprint density at radius 2 is 1.69 bits per heavy atom. The number of halogens is 1. The van der Waals surface area contributed by atoms with E-state index in [0.717, 1.165) is 23.4 Å². The van der Waals surface area contributed by atoms with Gasteiger partial charge >= 0.3 is 0 Å². The van der Waals surface area contributed by atoms with Crippen LogP contribution in [0.2, 0.25) is 5.02 Å². The Morgan fingerprint density at radius 1 is 1.04 bits per heavy atom. The maximum Gasteiger partial charge on any atom is 0.243 e. The number of hydrogen-bond donors (Lipinski definition) is 0. The SMILES string of the molecule is CCc1ccc(S(=O)(=O)N2CCN(c3cc(Cl)ccc3OC)CC2)cc1. The Bertz CT molecular complexity index is 861. The summed E-state index contributed by atoms with van der Waals surface area (Å²) >= 11 is 6.11. The number of rotatable bonds is 5. The van der Waals surface area contributed by atoms with Gasteiger partial charge in [0.2, 0.25) is 10.0 Å². The number of anilines is 1. The Balaban J connectivity index is 1.74. The van der Waals surface area contributed by atoms with Crippen molar-refractivity contribution < 1.29 is 13.2 Å². The highest BCUT2D eigenvalue weighted by atomic mass is 35.5. The second kappa shape index (κ2) is 7.86. The zero-order valence-electron chi connectivity index (χ0n) is 15.0. The molecule has 1 fully saturated rings. The van der Waals surface area contributed by atoms with E-state index < -0.39 is 10.0 Å². The Morgan fingerprint density at radius 3 is 2.27 bits per heavy atom. The van der Waals surface area contributed by atoms with Crippen LogP contribution in [0.4, 0.5) is 5.69 Å². The van der Waals surface area contributed by atoms with Gasteiger partial charge < -0.3 is 9.64 Å². The molecule has 0 N–H and O–H groups in total. The smallest absolute Gasteiger partial charge is 0.243 e. The molecule has 0 amide bonds. The molecule has 1 saturated heterocycles. The second-order valence-electron chi connectivity index (χ2n) is 6.20. The van der Waals surface area contributed by atoms with Crippen LogP contribution in [-0.2, 0) is 16.4 Å². The average molecular weight is 395 g/mol. The van der Waals surface area contributed by atoms with E-state index in [2.05, 4.69) is 4.90 Å². The molecule has 2 aromatic rings. The van der Waals surface area contributed by atoms with Gasteiger partial charge in [0.1, 0.15) is 5.75 Å². The van der Waals surface area contributed by atoms with Crippen LogP contribution in [0.5, 0.6) is 5.75 Å². The highest BCUT2D eigenvalue weighted by Crippen LogP contribution is 2.32. The van der Waals surface area contributed by atoms with Gasteiger partial charge in [-0.2, -0.15) is 4.31 Å². The topological polar surface area (TPSA) is 49.9 Å². The zero-order chi connectivity index (χ0) is 18.7. The van der Waals surface area contributed by atoms with E-state index in [4.69, 9.17) is 16.3 Å². The standard InChI is InChI=1S/C19H23ClN2O3S/c1-3-15-4-7-17(8-5-15)26(23,24)22-12-10-21(11-13-22)18-14-16(20)6-9-19(18)25-2/h4-9,14H,3,10-13H2,1-2H3. The molecule has 1 aliphatic heterocycles. The van der Waals surface area contributed by atoms with Crippen LogP contribution in [0.15, 0.2) is 47.4 Å². The third-order valence-corrected chi connectivity index (χ3v) is 6.84. The molecule has 0 radical (unpaired) electrons. The Labute approximate surface area is 160 Å². The lowest BCUT2D eigenvalue weighted by atomic mass is 10.2. The maximum absolute atomic E-state index is 12.9. The number of nitrogens with zero attached hydrogens (tertiary/aromatic N) is 2. The summed E-state index contributed by atoms with van der Waals surface area (Å²) < 4.78 is 32.7. The van der Waals surface area contributed by atoms with Crippen LogP contribution in [0.1, 0.15) is 12.5 Å². The molecule has 0 saturated carbocycles. The third-order valence-electron chi connectivity index (χ3n) is 4.69. The largest absolute Gasteiger partial charge is 0.495 e. The molecule has 0 aromatic heterocycles. The highest BCUT2D eigenvalue weighted by molar-refractivity contribution is 7.89. The third kappa shape index (κ3) is 3.82. The van der Waals surface area contributed by atoms with E-state index in [1.807, 2.05) is 31.2 Å². The number of piperazine rings is 1. The van der Waals surface area contributed by atoms with Crippen molar-refractivity contribution in [3.8, 4) is 5.75 Å². The van der Waals surface area contributed by atoms with Gasteiger partial charge in [-0.1, -0.05) is 30.7 Å². The number of aryl methyl sites for hydroxylation is 1. The molecule has 5 nitrogen and oxygen atoms in total. The van der Waals surface area contributed by atoms with Crippen molar-refractivity contribution in [2.24, 2.45) is 0 Å². The molecule has 2 aromatic carbocycles. The van der Waals surface area contributed by atoms with Gasteiger partial charge in [-0.05, 0) is 42.3 Å². The minimum atomic E-state index is -3.47. The molecule has 140 valence electrons. The van der Waals surface area contributed by atoms with Crippen molar-refractivity contribution in [3.05, 3.63) is 53.1 Å². The van der Waals surface area contributed by atoms with E-state index in [-0.39, 0.29) is 0 Å². The maximum atomic E-state index is 12.9. The second-order valence-corrected chi connectivity index (χ2v) is 8.58. The molecule has 1 aliphatic rings. The summed E-state index contributed by atoms with van der Waals surface area (Å²) in [6.07, 6.45) is 0.889. The summed E-state index contributed by atoms with van der Waals surface area (Å²) in [5.41, 5.74) is 2.02. The first-order chi connectivity index (χ1) is 12.5. The Hall–Kier alpha value is -1.76. The molecule has 0 bridgehead atoms. The zero-order valence-corrected chi connectivity index (χ0v) is 16.6. The van der Waals surface area contributed by atoms with Gasteiger partial charge in [0.25, 0.3) is 0 Å². The molecule has 1 heterocycles. The number of hydrogen-bond acceptors (Lipinski definition) is 4. The van der Waals surface area contributed by atoms with Gasteiger partial charge in [-0.25, -0.2) is 8.42 Å². The summed E-state index contributed by atoms with van der Waals surface area (Å²) in [5.74, 6) is 0.737. The number of methoxy groups -OCH3 is 1. The fourth-order valence-electron chi connectivity index (χ4n) is 3.13. The molecule has 0 spiro atoms. The van der Waals surface area contributed by atoms with E-state index >= 15 is 0 Å². The molecule has 0 unspecified atom stereocenters. The number of sulfonamides is 1. The van der Waals surface area contributed by atoms with Crippen molar-refractivity contribution in [2.75, 3.05) is 38.2 Å². The van der Waals surface area contributed by atoms with Crippen molar-refractivity contribution >= 4 is 27.3 Å². The van der Waals surface area contributed by atoms with Crippen molar-refractivity contribution in [1.82, 2.24) is 4.31 Å². The van der Waals surface area contributed by atoms with Crippen LogP contribution in [0.3, 0.4) is 0 Å². The van der Waals surface area contributed by atoms with Crippen molar-refractivity contribution in [2.45, 2.75) is 18.2 Å². The fourth-order valence-corrected chi connectivity index (χ4v) is 4.71. The van der Waals surface area contributed by atoms with E-state index in [9.17, 15) is 8.42 Å². The van der Waals surface area contributed by atoms with Crippen LogP contribution >= 0.6 is 11.6 Å². The average Bonchev–Trinajstić information content (AvgIpc) is 2.68. The molecule has 0 atom stereocenters. The molecule has 26 heavy (non-hydrogen) atoms. The quantitative estimate of drug-likeness (QED) is 0.779. The molecule has 3 rings (SSSR count). The highest BCUT2D eigenvalue weighted by Gasteiger charge is 2.29. The van der Waals surface area contributed by atoms with E-state index in [1.165, 1.54) is 0 Å². The number of ether oxygens (including phenoxy) is 1. The summed E-state index contributed by atoms with van der Waals surface area (Å²) in [6.45, 7) is 4.07. The van der Waals surface area contributed by atoms with Gasteiger partial charge in [-0.15, -0.1) is 0 Å². The van der Waals surface area contributed by atoms with Crippen molar-refractivity contribution in [3.63, 3.8) is 0 Å². The predicted molar refractivity (Wildman–Crippen MR) is 105 cm³/mol. The van der Waals surface area contributed by atoms with Crippen LogP contribution in [0.25, 0.3) is 0 Å². The summed E-state index contributed by atoms with van der Waals surface area (Å²) in [5, 5.41) is 0.631. The fraction of sp³-hybridized carbons (Fsp3) is 0.368. The molecular weight excluding hydrogens is 372 g/mol. The first-order valence-corrected chi connectivity index (χ1v) is 10.4. The molecule has 0 aliphatic carbocycles. The van der Waals surface area contributed by atoms with Gasteiger partial charge in [-0.3, -0.25) is 0 Å². The summed E-state index contributed by atoms with van der Waals surface area (Å²) in [6, 6.07) is 12.6. The number of benzene rings is 2. The molecule has 7 heteroatoms. The normalized spacial score (nSPS) is 15.9. The lowest BCUT2D eigenvalue weighted by molar-refractivity contribution is 0.378. The summed E-state index contributed by atoms with van der Waals surface area (Å²) in [4.78, 5) is 2.46. The minimum Gasteiger partial charge on any atom is -0.495 e. The first-order valence-electron chi connectivity index (χ1n) is 8.63. The predicted octanol–water partition coefficient (Wildman–Crippen LogP) is 3.42. The van der Waals surface area contributed by atoms with E-state index in [1.54, 1.807) is 29.6 Å². The van der Waals surface area contributed by atoms with Crippen LogP contribution in [-0.4, -0.2) is 46.0 Å². The lowest BCUT2D eigenvalue weighted by Gasteiger charge is -2.36. The molecular formula is C19H23ClN2O3S.